The fourth-order valence-corrected chi connectivity index (χ4v) is 2.85. The van der Waals surface area contributed by atoms with Crippen LogP contribution in [0.15, 0.2) is 53.1 Å². The fraction of sp³-hybridized carbons (Fsp3) is 0.318. The van der Waals surface area contributed by atoms with Gasteiger partial charge in [0.15, 0.2) is 0 Å². The van der Waals surface area contributed by atoms with Crippen LogP contribution in [0.4, 0.5) is 0 Å². The van der Waals surface area contributed by atoms with Gasteiger partial charge in [-0.25, -0.2) is 4.98 Å². The van der Waals surface area contributed by atoms with Crippen LogP contribution in [-0.2, 0) is 6.42 Å². The molecule has 1 N–H and O–H groups in total. The molecule has 3 rings (SSSR count). The van der Waals surface area contributed by atoms with Gasteiger partial charge >= 0.3 is 0 Å². The Morgan fingerprint density at radius 3 is 2.50 bits per heavy atom. The molecule has 0 aliphatic heterocycles. The molecule has 2 aromatic heterocycles. The molecule has 3 aromatic rings. The van der Waals surface area contributed by atoms with Crippen molar-refractivity contribution in [2.75, 3.05) is 0 Å². The van der Waals surface area contributed by atoms with E-state index in [4.69, 9.17) is 9.83 Å². The maximum absolute atomic E-state index is 8.13. The van der Waals surface area contributed by atoms with Crippen molar-refractivity contribution in [2.24, 2.45) is 5.92 Å². The van der Waals surface area contributed by atoms with Crippen LogP contribution in [0.1, 0.15) is 38.1 Å². The highest BCUT2D eigenvalue weighted by molar-refractivity contribution is 5.83. The van der Waals surface area contributed by atoms with Gasteiger partial charge in [0.05, 0.1) is 11.4 Å². The topological polar surface area (TPSA) is 62.8 Å². The quantitative estimate of drug-likeness (QED) is 0.557. The average Bonchev–Trinajstić information content (AvgIpc) is 3.07. The standard InChI is InChI=1S/C22H25N3O/c1-4-15(2)19(23)12-13-20-16(3)26-22(25-20)18-10-8-17(9-11-18)21-7-5-6-14-24-21/h5-11,14-15,23H,4,12-13H2,1-3H3. The molecule has 1 atom stereocenters. The van der Waals surface area contributed by atoms with Crippen molar-refractivity contribution in [2.45, 2.75) is 40.0 Å². The summed E-state index contributed by atoms with van der Waals surface area (Å²) in [6, 6.07) is 14.0. The van der Waals surface area contributed by atoms with E-state index < -0.39 is 0 Å². The molecule has 0 saturated carbocycles. The molecule has 4 nitrogen and oxygen atoms in total. The number of oxazole rings is 1. The van der Waals surface area contributed by atoms with Crippen molar-refractivity contribution in [3.05, 3.63) is 60.1 Å². The van der Waals surface area contributed by atoms with Gasteiger partial charge in [-0.1, -0.05) is 32.0 Å². The molecule has 0 radical (unpaired) electrons. The zero-order valence-corrected chi connectivity index (χ0v) is 15.6. The Hall–Kier alpha value is -2.75. The Labute approximate surface area is 154 Å². The number of nitrogens with zero attached hydrogens (tertiary/aromatic N) is 2. The van der Waals surface area contributed by atoms with Crippen molar-refractivity contribution >= 4 is 5.71 Å². The fourth-order valence-electron chi connectivity index (χ4n) is 2.85. The summed E-state index contributed by atoms with van der Waals surface area (Å²) in [6.07, 6.45) is 4.29. The number of nitrogens with one attached hydrogen (secondary N) is 1. The van der Waals surface area contributed by atoms with Crippen molar-refractivity contribution in [3.8, 4) is 22.7 Å². The Morgan fingerprint density at radius 2 is 1.85 bits per heavy atom. The minimum Gasteiger partial charge on any atom is -0.441 e. The lowest BCUT2D eigenvalue weighted by atomic mass is 9.98. The lowest BCUT2D eigenvalue weighted by Gasteiger charge is -2.09. The lowest BCUT2D eigenvalue weighted by molar-refractivity contribution is 0.539. The van der Waals surface area contributed by atoms with Gasteiger partial charge in [-0.05, 0) is 56.4 Å². The average molecular weight is 347 g/mol. The van der Waals surface area contributed by atoms with Gasteiger partial charge in [-0.15, -0.1) is 0 Å². The third-order valence-corrected chi connectivity index (χ3v) is 4.82. The number of hydrogen-bond acceptors (Lipinski definition) is 4. The minimum absolute atomic E-state index is 0.334. The maximum atomic E-state index is 8.13. The predicted octanol–water partition coefficient (Wildman–Crippen LogP) is 5.71. The minimum atomic E-state index is 0.334. The van der Waals surface area contributed by atoms with E-state index in [0.717, 1.165) is 53.2 Å². The number of benzene rings is 1. The lowest BCUT2D eigenvalue weighted by Crippen LogP contribution is -2.10. The van der Waals surface area contributed by atoms with Gasteiger partial charge in [0, 0.05) is 23.0 Å². The van der Waals surface area contributed by atoms with Crippen LogP contribution < -0.4 is 0 Å². The zero-order chi connectivity index (χ0) is 18.5. The van der Waals surface area contributed by atoms with Crippen LogP contribution in [0.2, 0.25) is 0 Å². The largest absolute Gasteiger partial charge is 0.441 e. The molecule has 0 spiro atoms. The molecule has 1 unspecified atom stereocenters. The Kier molecular flexibility index (Phi) is 5.61. The van der Waals surface area contributed by atoms with Crippen LogP contribution in [0.3, 0.4) is 0 Å². The SMILES string of the molecule is CCC(C)C(=N)CCc1nc(-c2ccc(-c3ccccn3)cc2)oc1C. The zero-order valence-electron chi connectivity index (χ0n) is 15.6. The number of pyridine rings is 1. The van der Waals surface area contributed by atoms with E-state index in [-0.39, 0.29) is 0 Å². The van der Waals surface area contributed by atoms with Gasteiger partial charge in [-0.2, -0.15) is 0 Å². The number of rotatable bonds is 7. The first-order chi connectivity index (χ1) is 12.6. The van der Waals surface area contributed by atoms with E-state index >= 15 is 0 Å². The summed E-state index contributed by atoms with van der Waals surface area (Å²) >= 11 is 0. The third-order valence-electron chi connectivity index (χ3n) is 4.82. The second-order valence-corrected chi connectivity index (χ2v) is 6.65. The summed E-state index contributed by atoms with van der Waals surface area (Å²) in [4.78, 5) is 9.03. The molecular formula is C22H25N3O. The molecule has 2 heterocycles. The highest BCUT2D eigenvalue weighted by atomic mass is 16.4. The third kappa shape index (κ3) is 4.07. The van der Waals surface area contributed by atoms with Gasteiger partial charge in [0.25, 0.3) is 0 Å². The summed E-state index contributed by atoms with van der Waals surface area (Å²) in [5.74, 6) is 1.81. The van der Waals surface area contributed by atoms with Gasteiger partial charge in [0.2, 0.25) is 5.89 Å². The molecule has 0 aliphatic rings. The molecule has 4 heteroatoms. The van der Waals surface area contributed by atoms with Crippen molar-refractivity contribution < 1.29 is 4.42 Å². The second kappa shape index (κ2) is 8.09. The van der Waals surface area contributed by atoms with Crippen LogP contribution in [0.5, 0.6) is 0 Å². The second-order valence-electron chi connectivity index (χ2n) is 6.65. The van der Waals surface area contributed by atoms with Crippen molar-refractivity contribution in [1.29, 1.82) is 5.41 Å². The first-order valence-electron chi connectivity index (χ1n) is 9.14. The van der Waals surface area contributed by atoms with E-state index in [1.165, 1.54) is 0 Å². The van der Waals surface area contributed by atoms with Gasteiger partial charge in [-0.3, -0.25) is 4.98 Å². The van der Waals surface area contributed by atoms with Gasteiger partial charge in [0.1, 0.15) is 5.76 Å². The van der Waals surface area contributed by atoms with E-state index in [1.807, 2.05) is 49.4 Å². The van der Waals surface area contributed by atoms with Crippen molar-refractivity contribution in [1.82, 2.24) is 9.97 Å². The molecule has 0 aliphatic carbocycles. The molecule has 0 amide bonds. The van der Waals surface area contributed by atoms with E-state index in [1.54, 1.807) is 6.20 Å². The monoisotopic (exact) mass is 347 g/mol. The molecule has 26 heavy (non-hydrogen) atoms. The summed E-state index contributed by atoms with van der Waals surface area (Å²) in [5.41, 5.74) is 4.71. The molecule has 1 aromatic carbocycles. The van der Waals surface area contributed by atoms with E-state index in [2.05, 4.69) is 23.8 Å². The molecule has 0 fully saturated rings. The van der Waals surface area contributed by atoms with Gasteiger partial charge < -0.3 is 9.83 Å². The molecule has 0 saturated heterocycles. The Bertz CT molecular complexity index is 866. The molecule has 134 valence electrons. The first-order valence-corrected chi connectivity index (χ1v) is 9.14. The van der Waals surface area contributed by atoms with Crippen LogP contribution >= 0.6 is 0 Å². The molecular weight excluding hydrogens is 322 g/mol. The highest BCUT2D eigenvalue weighted by Crippen LogP contribution is 2.25. The summed E-state index contributed by atoms with van der Waals surface area (Å²) in [7, 11) is 0. The smallest absolute Gasteiger partial charge is 0.226 e. The van der Waals surface area contributed by atoms with Crippen molar-refractivity contribution in [3.63, 3.8) is 0 Å². The first kappa shape index (κ1) is 18.1. The Balaban J connectivity index is 1.73. The highest BCUT2D eigenvalue weighted by Gasteiger charge is 2.14. The number of aryl methyl sites for hydroxylation is 2. The van der Waals surface area contributed by atoms with E-state index in [0.29, 0.717) is 11.8 Å². The number of aromatic nitrogens is 2. The number of hydrogen-bond donors (Lipinski definition) is 1. The maximum Gasteiger partial charge on any atom is 0.226 e. The summed E-state index contributed by atoms with van der Waals surface area (Å²) in [6.45, 7) is 6.17. The molecule has 0 bridgehead atoms. The van der Waals surface area contributed by atoms with Crippen LogP contribution in [-0.4, -0.2) is 15.7 Å². The predicted molar refractivity (Wildman–Crippen MR) is 105 cm³/mol. The normalized spacial score (nSPS) is 12.1. The Morgan fingerprint density at radius 1 is 1.12 bits per heavy atom. The summed E-state index contributed by atoms with van der Waals surface area (Å²) in [5, 5.41) is 8.13. The summed E-state index contributed by atoms with van der Waals surface area (Å²) < 4.78 is 5.87. The van der Waals surface area contributed by atoms with E-state index in [9.17, 15) is 0 Å². The van der Waals surface area contributed by atoms with Crippen LogP contribution in [0.25, 0.3) is 22.7 Å². The van der Waals surface area contributed by atoms with Crippen LogP contribution in [0, 0.1) is 18.3 Å².